The summed E-state index contributed by atoms with van der Waals surface area (Å²) in [5, 5.41) is 0. The third kappa shape index (κ3) is 7.66. The first-order chi connectivity index (χ1) is 9.74. The van der Waals surface area contributed by atoms with Crippen LogP contribution in [0.5, 0.6) is 0 Å². The molecule has 0 aliphatic carbocycles. The Labute approximate surface area is 123 Å². The second-order valence-corrected chi connectivity index (χ2v) is 5.92. The van der Waals surface area contributed by atoms with Gasteiger partial charge in [-0.15, -0.1) is 0 Å². The number of carbonyl (C=O) groups is 2. The highest BCUT2D eigenvalue weighted by Gasteiger charge is 2.28. The van der Waals surface area contributed by atoms with E-state index in [1.807, 2.05) is 0 Å². The number of cyclic esters (lactones) is 1. The van der Waals surface area contributed by atoms with Crippen molar-refractivity contribution in [3.05, 3.63) is 0 Å². The molecule has 1 heterocycles. The van der Waals surface area contributed by atoms with Gasteiger partial charge >= 0.3 is 5.97 Å². The fourth-order valence-corrected chi connectivity index (χ4v) is 2.70. The van der Waals surface area contributed by atoms with Crippen molar-refractivity contribution in [1.82, 2.24) is 0 Å². The van der Waals surface area contributed by atoms with E-state index in [-0.39, 0.29) is 11.8 Å². The lowest BCUT2D eigenvalue weighted by atomic mass is 10.0. The Hall–Kier alpha value is -0.860. The summed E-state index contributed by atoms with van der Waals surface area (Å²) in [5.41, 5.74) is 0. The van der Waals surface area contributed by atoms with Crippen molar-refractivity contribution in [2.75, 3.05) is 0 Å². The number of hydrogen-bond donors (Lipinski definition) is 0. The number of hydrogen-bond acceptors (Lipinski definition) is 3. The van der Waals surface area contributed by atoms with E-state index in [0.29, 0.717) is 19.3 Å². The van der Waals surface area contributed by atoms with Crippen molar-refractivity contribution < 1.29 is 14.3 Å². The molecule has 0 saturated carbocycles. The quantitative estimate of drug-likeness (QED) is 0.389. The highest BCUT2D eigenvalue weighted by molar-refractivity contribution is 5.87. The predicted molar refractivity (Wildman–Crippen MR) is 80.6 cm³/mol. The van der Waals surface area contributed by atoms with Crippen LogP contribution in [0.4, 0.5) is 0 Å². The van der Waals surface area contributed by atoms with Gasteiger partial charge in [-0.1, -0.05) is 64.7 Å². The lowest BCUT2D eigenvalue weighted by Gasteiger charge is -2.07. The van der Waals surface area contributed by atoms with Crippen LogP contribution in [0.3, 0.4) is 0 Å². The van der Waals surface area contributed by atoms with E-state index >= 15 is 0 Å². The molecule has 20 heavy (non-hydrogen) atoms. The molecule has 0 radical (unpaired) electrons. The second-order valence-electron chi connectivity index (χ2n) is 5.92. The van der Waals surface area contributed by atoms with Gasteiger partial charge in [0.15, 0.2) is 11.9 Å². The molecule has 3 heteroatoms. The summed E-state index contributed by atoms with van der Waals surface area (Å²) in [4.78, 5) is 22.7. The molecular weight excluding hydrogens is 252 g/mol. The van der Waals surface area contributed by atoms with Crippen LogP contribution in [-0.4, -0.2) is 17.9 Å². The topological polar surface area (TPSA) is 43.4 Å². The van der Waals surface area contributed by atoms with Crippen molar-refractivity contribution >= 4 is 11.8 Å². The molecule has 3 nitrogen and oxygen atoms in total. The molecule has 1 fully saturated rings. The van der Waals surface area contributed by atoms with Crippen LogP contribution in [-0.2, 0) is 14.3 Å². The molecule has 1 saturated heterocycles. The predicted octanol–water partition coefficient (Wildman–Crippen LogP) is 4.57. The fourth-order valence-electron chi connectivity index (χ4n) is 2.70. The van der Waals surface area contributed by atoms with E-state index in [2.05, 4.69) is 6.92 Å². The SMILES string of the molecule is CCCCCCCCCCCCC(=O)C1CCC(=O)O1. The summed E-state index contributed by atoms with van der Waals surface area (Å²) in [7, 11) is 0. The third-order valence-electron chi connectivity index (χ3n) is 4.02. The minimum Gasteiger partial charge on any atom is -0.454 e. The molecule has 0 aromatic carbocycles. The van der Waals surface area contributed by atoms with Gasteiger partial charge in [-0.05, 0) is 6.42 Å². The zero-order chi connectivity index (χ0) is 14.6. The van der Waals surface area contributed by atoms with E-state index in [1.165, 1.54) is 51.4 Å². The van der Waals surface area contributed by atoms with Crippen molar-refractivity contribution in [2.24, 2.45) is 0 Å². The number of rotatable bonds is 12. The fraction of sp³-hybridized carbons (Fsp3) is 0.882. The van der Waals surface area contributed by atoms with Gasteiger partial charge in [0, 0.05) is 19.3 Å². The van der Waals surface area contributed by atoms with Gasteiger partial charge in [0.1, 0.15) is 0 Å². The Morgan fingerprint density at radius 2 is 1.55 bits per heavy atom. The van der Waals surface area contributed by atoms with Gasteiger partial charge in [-0.2, -0.15) is 0 Å². The lowest BCUT2D eigenvalue weighted by Crippen LogP contribution is -2.19. The van der Waals surface area contributed by atoms with Crippen molar-refractivity contribution in [3.8, 4) is 0 Å². The third-order valence-corrected chi connectivity index (χ3v) is 4.02. The Morgan fingerprint density at radius 1 is 1.00 bits per heavy atom. The van der Waals surface area contributed by atoms with Gasteiger partial charge in [-0.25, -0.2) is 0 Å². The molecule has 1 aliphatic heterocycles. The van der Waals surface area contributed by atoms with Gasteiger partial charge in [0.05, 0.1) is 0 Å². The zero-order valence-electron chi connectivity index (χ0n) is 13.0. The number of carbonyl (C=O) groups excluding carboxylic acids is 2. The van der Waals surface area contributed by atoms with Gasteiger partial charge < -0.3 is 4.74 Å². The number of unbranched alkanes of at least 4 members (excludes halogenated alkanes) is 9. The zero-order valence-corrected chi connectivity index (χ0v) is 13.0. The van der Waals surface area contributed by atoms with Crippen LogP contribution in [0.15, 0.2) is 0 Å². The maximum Gasteiger partial charge on any atom is 0.306 e. The number of esters is 1. The normalized spacial score (nSPS) is 18.2. The van der Waals surface area contributed by atoms with Crippen LogP contribution in [0.25, 0.3) is 0 Å². The Balaban J connectivity index is 1.85. The average molecular weight is 282 g/mol. The Bertz CT molecular complexity index is 286. The minimum absolute atomic E-state index is 0.121. The summed E-state index contributed by atoms with van der Waals surface area (Å²) >= 11 is 0. The number of ketones is 1. The molecule has 116 valence electrons. The molecular formula is C17H30O3. The molecule has 0 spiro atoms. The first kappa shape index (κ1) is 17.2. The molecule has 1 unspecified atom stereocenters. The van der Waals surface area contributed by atoms with Crippen LogP contribution in [0.1, 0.15) is 90.4 Å². The molecule has 0 N–H and O–H groups in total. The largest absolute Gasteiger partial charge is 0.454 e. The Kier molecular flexibility index (Phi) is 9.35. The average Bonchev–Trinajstić information content (AvgIpc) is 2.87. The van der Waals surface area contributed by atoms with E-state index in [1.54, 1.807) is 0 Å². The van der Waals surface area contributed by atoms with Crippen LogP contribution >= 0.6 is 0 Å². The number of ether oxygens (including phenoxy) is 1. The summed E-state index contributed by atoms with van der Waals surface area (Å²) < 4.78 is 4.98. The second kappa shape index (κ2) is 10.9. The van der Waals surface area contributed by atoms with Crippen LogP contribution in [0.2, 0.25) is 0 Å². The molecule has 0 bridgehead atoms. The molecule has 1 aliphatic rings. The van der Waals surface area contributed by atoms with E-state index < -0.39 is 6.10 Å². The molecule has 1 atom stereocenters. The molecule has 0 amide bonds. The van der Waals surface area contributed by atoms with Gasteiger partial charge in [-0.3, -0.25) is 9.59 Å². The summed E-state index contributed by atoms with van der Waals surface area (Å²) in [6.45, 7) is 2.24. The van der Waals surface area contributed by atoms with Crippen LogP contribution < -0.4 is 0 Å². The van der Waals surface area contributed by atoms with E-state index in [4.69, 9.17) is 4.74 Å². The maximum atomic E-state index is 11.7. The summed E-state index contributed by atoms with van der Waals surface area (Å²) in [5.74, 6) is -0.0955. The molecule has 0 aromatic heterocycles. The summed E-state index contributed by atoms with van der Waals surface area (Å²) in [6, 6.07) is 0. The molecule has 0 aromatic rings. The minimum atomic E-state index is -0.430. The van der Waals surface area contributed by atoms with E-state index in [9.17, 15) is 9.59 Å². The lowest BCUT2D eigenvalue weighted by molar-refractivity contribution is -0.147. The van der Waals surface area contributed by atoms with Crippen molar-refractivity contribution in [1.29, 1.82) is 0 Å². The van der Waals surface area contributed by atoms with E-state index in [0.717, 1.165) is 12.8 Å². The highest BCUT2D eigenvalue weighted by atomic mass is 16.6. The van der Waals surface area contributed by atoms with Crippen molar-refractivity contribution in [2.45, 2.75) is 96.5 Å². The number of Topliss-reactive ketones (excluding diaryl/α,β-unsaturated/α-hetero) is 1. The maximum absolute atomic E-state index is 11.7. The monoisotopic (exact) mass is 282 g/mol. The van der Waals surface area contributed by atoms with Crippen molar-refractivity contribution in [3.63, 3.8) is 0 Å². The smallest absolute Gasteiger partial charge is 0.306 e. The summed E-state index contributed by atoms with van der Waals surface area (Å²) in [6.07, 6.45) is 13.9. The van der Waals surface area contributed by atoms with Gasteiger partial charge in [0.25, 0.3) is 0 Å². The first-order valence-corrected chi connectivity index (χ1v) is 8.46. The molecule has 1 rings (SSSR count). The highest BCUT2D eigenvalue weighted by Crippen LogP contribution is 2.18. The van der Waals surface area contributed by atoms with Crippen LogP contribution in [0, 0.1) is 0 Å². The first-order valence-electron chi connectivity index (χ1n) is 8.46. The standard InChI is InChI=1S/C17H30O3/c1-2-3-4-5-6-7-8-9-10-11-12-15(18)16-13-14-17(19)20-16/h16H,2-14H2,1H3. The van der Waals surface area contributed by atoms with Gasteiger partial charge in [0.2, 0.25) is 0 Å². The Morgan fingerprint density at radius 3 is 2.05 bits per heavy atom.